The maximum Gasteiger partial charge on any atom is 0.161 e. The predicted octanol–water partition coefficient (Wildman–Crippen LogP) is 3.62. The van der Waals surface area contributed by atoms with Gasteiger partial charge in [0.05, 0.1) is 20.1 Å². The number of benzene rings is 1. The normalized spacial score (nSPS) is 25.4. The van der Waals surface area contributed by atoms with Crippen molar-refractivity contribution in [2.45, 2.75) is 44.4 Å². The van der Waals surface area contributed by atoms with E-state index in [4.69, 9.17) is 14.5 Å². The van der Waals surface area contributed by atoms with Gasteiger partial charge in [0.1, 0.15) is 17.3 Å². The third-order valence-corrected chi connectivity index (χ3v) is 5.69. The number of methoxy groups -OCH3 is 2. The maximum atomic E-state index is 12.9. The molecule has 2 aliphatic carbocycles. The molecule has 2 atom stereocenters. The summed E-state index contributed by atoms with van der Waals surface area (Å²) in [5.41, 5.74) is 3.37. The van der Waals surface area contributed by atoms with Gasteiger partial charge in [-0.1, -0.05) is 0 Å². The van der Waals surface area contributed by atoms with Crippen molar-refractivity contribution >= 4 is 17.3 Å². The van der Waals surface area contributed by atoms with Crippen LogP contribution in [0.3, 0.4) is 0 Å². The number of hydrogen-bond acceptors (Lipinski definition) is 5. The SMILES string of the molecule is COc1ccc(OC)c([C@H]2C3=C(CCCC3=O)N=C3CCCC(=O)C32)c1. The zero-order chi connectivity index (χ0) is 18.3. The summed E-state index contributed by atoms with van der Waals surface area (Å²) in [6.45, 7) is 0. The fourth-order valence-corrected chi connectivity index (χ4v) is 4.52. The molecule has 136 valence electrons. The van der Waals surface area contributed by atoms with Crippen molar-refractivity contribution in [2.24, 2.45) is 10.9 Å². The lowest BCUT2D eigenvalue weighted by Gasteiger charge is -2.38. The monoisotopic (exact) mass is 353 g/mol. The Morgan fingerprint density at radius 2 is 1.77 bits per heavy atom. The van der Waals surface area contributed by atoms with Gasteiger partial charge in [0, 0.05) is 41.3 Å². The van der Waals surface area contributed by atoms with Gasteiger partial charge in [-0.25, -0.2) is 0 Å². The molecular formula is C21H23NO4. The van der Waals surface area contributed by atoms with E-state index in [9.17, 15) is 9.59 Å². The van der Waals surface area contributed by atoms with E-state index in [1.165, 1.54) is 0 Å². The van der Waals surface area contributed by atoms with Crippen molar-refractivity contribution in [2.75, 3.05) is 14.2 Å². The van der Waals surface area contributed by atoms with Crippen LogP contribution in [0, 0.1) is 5.92 Å². The number of fused-ring (bicyclic) bond motifs is 1. The molecule has 26 heavy (non-hydrogen) atoms. The second-order valence-electron chi connectivity index (χ2n) is 7.12. The Bertz CT molecular complexity index is 836. The van der Waals surface area contributed by atoms with Gasteiger partial charge in [0.25, 0.3) is 0 Å². The van der Waals surface area contributed by atoms with Gasteiger partial charge in [-0.2, -0.15) is 0 Å². The van der Waals surface area contributed by atoms with Crippen LogP contribution in [0.25, 0.3) is 0 Å². The van der Waals surface area contributed by atoms with Crippen LogP contribution < -0.4 is 9.47 Å². The number of aliphatic imine (C=N–C) groups is 1. The van der Waals surface area contributed by atoms with Gasteiger partial charge in [0.2, 0.25) is 0 Å². The second kappa shape index (κ2) is 6.71. The minimum atomic E-state index is -0.356. The smallest absolute Gasteiger partial charge is 0.161 e. The fourth-order valence-electron chi connectivity index (χ4n) is 4.52. The number of Topliss-reactive ketones (excluding diaryl/α,β-unsaturated/α-hetero) is 2. The summed E-state index contributed by atoms with van der Waals surface area (Å²) in [5.74, 6) is 0.991. The van der Waals surface area contributed by atoms with E-state index in [0.29, 0.717) is 29.9 Å². The Labute approximate surface area is 153 Å². The van der Waals surface area contributed by atoms with Gasteiger partial charge in [0.15, 0.2) is 5.78 Å². The Balaban J connectivity index is 1.94. The van der Waals surface area contributed by atoms with Crippen molar-refractivity contribution in [3.8, 4) is 11.5 Å². The van der Waals surface area contributed by atoms with E-state index in [0.717, 1.165) is 42.7 Å². The Morgan fingerprint density at radius 3 is 2.54 bits per heavy atom. The Kier molecular flexibility index (Phi) is 4.39. The Hall–Kier alpha value is -2.43. The van der Waals surface area contributed by atoms with Gasteiger partial charge in [-0.3, -0.25) is 14.6 Å². The standard InChI is InChI=1S/C21H23NO4/c1-25-12-9-10-18(26-2)13(11-12)19-20-14(5-3-7-16(20)23)22-15-6-4-8-17(24)21(15)19/h9-11,19-20H,3-8H2,1-2H3/t19-,20?/m1/s1. The van der Waals surface area contributed by atoms with Crippen molar-refractivity contribution in [1.29, 1.82) is 0 Å². The number of carbonyl (C=O) groups is 2. The molecule has 1 aliphatic heterocycles. The molecule has 0 bridgehead atoms. The number of ketones is 2. The zero-order valence-electron chi connectivity index (χ0n) is 15.2. The lowest BCUT2D eigenvalue weighted by molar-refractivity contribution is -0.122. The van der Waals surface area contributed by atoms with Crippen LogP contribution in [0.1, 0.15) is 50.0 Å². The molecule has 0 saturated heterocycles. The molecule has 1 fully saturated rings. The van der Waals surface area contributed by atoms with Gasteiger partial charge in [-0.05, 0) is 43.9 Å². The van der Waals surface area contributed by atoms with Crippen molar-refractivity contribution < 1.29 is 19.1 Å². The number of rotatable bonds is 3. The number of nitrogens with zero attached hydrogens (tertiary/aromatic N) is 1. The molecule has 5 nitrogen and oxygen atoms in total. The number of hydrogen-bond donors (Lipinski definition) is 0. The maximum absolute atomic E-state index is 12.9. The number of ether oxygens (including phenoxy) is 2. The van der Waals surface area contributed by atoms with Crippen LogP contribution in [-0.4, -0.2) is 31.5 Å². The molecule has 0 amide bonds. The average Bonchev–Trinajstić information content (AvgIpc) is 2.66. The number of carbonyl (C=O) groups excluding carboxylic acids is 2. The van der Waals surface area contributed by atoms with Crippen LogP contribution in [-0.2, 0) is 9.59 Å². The van der Waals surface area contributed by atoms with Crippen LogP contribution in [0.2, 0.25) is 0 Å². The molecule has 4 rings (SSSR count). The van der Waals surface area contributed by atoms with Crippen LogP contribution in [0.15, 0.2) is 34.5 Å². The summed E-state index contributed by atoms with van der Waals surface area (Å²) in [5, 5.41) is 0. The molecular weight excluding hydrogens is 330 g/mol. The van der Waals surface area contributed by atoms with E-state index >= 15 is 0 Å². The van der Waals surface area contributed by atoms with Crippen molar-refractivity contribution in [3.63, 3.8) is 0 Å². The van der Waals surface area contributed by atoms with E-state index in [2.05, 4.69) is 0 Å². The second-order valence-corrected chi connectivity index (χ2v) is 7.12. The summed E-state index contributed by atoms with van der Waals surface area (Å²) >= 11 is 0. The first-order valence-corrected chi connectivity index (χ1v) is 9.22. The predicted molar refractivity (Wildman–Crippen MR) is 98.0 cm³/mol. The lowest BCUT2D eigenvalue weighted by atomic mass is 9.67. The third kappa shape index (κ3) is 2.66. The highest BCUT2D eigenvalue weighted by atomic mass is 16.5. The molecule has 0 spiro atoms. The first kappa shape index (κ1) is 17.0. The quantitative estimate of drug-likeness (QED) is 0.832. The van der Waals surface area contributed by atoms with Crippen LogP contribution in [0.4, 0.5) is 0 Å². The van der Waals surface area contributed by atoms with Crippen LogP contribution in [0.5, 0.6) is 11.5 Å². The Morgan fingerprint density at radius 1 is 0.962 bits per heavy atom. The van der Waals surface area contributed by atoms with Gasteiger partial charge < -0.3 is 9.47 Å². The van der Waals surface area contributed by atoms with Crippen molar-refractivity contribution in [1.82, 2.24) is 0 Å². The average molecular weight is 353 g/mol. The summed E-state index contributed by atoms with van der Waals surface area (Å²) < 4.78 is 11.0. The topological polar surface area (TPSA) is 65.0 Å². The summed E-state index contributed by atoms with van der Waals surface area (Å²) in [6, 6.07) is 5.59. The molecule has 1 saturated carbocycles. The molecule has 1 unspecified atom stereocenters. The molecule has 3 aliphatic rings. The first-order chi connectivity index (χ1) is 12.6. The molecule has 0 radical (unpaired) electrons. The summed E-state index contributed by atoms with van der Waals surface area (Å²) in [4.78, 5) is 30.5. The highest BCUT2D eigenvalue weighted by Gasteiger charge is 2.45. The van der Waals surface area contributed by atoms with Gasteiger partial charge in [-0.15, -0.1) is 0 Å². The van der Waals surface area contributed by atoms with E-state index in [1.54, 1.807) is 14.2 Å². The molecule has 5 heteroatoms. The third-order valence-electron chi connectivity index (χ3n) is 5.69. The molecule has 1 heterocycles. The largest absolute Gasteiger partial charge is 0.497 e. The molecule has 0 N–H and O–H groups in total. The molecule has 1 aromatic carbocycles. The highest BCUT2D eigenvalue weighted by molar-refractivity contribution is 6.12. The zero-order valence-corrected chi connectivity index (χ0v) is 15.2. The first-order valence-electron chi connectivity index (χ1n) is 9.22. The minimum Gasteiger partial charge on any atom is -0.497 e. The fraction of sp³-hybridized carbons (Fsp3) is 0.476. The van der Waals surface area contributed by atoms with Gasteiger partial charge >= 0.3 is 0 Å². The highest BCUT2D eigenvalue weighted by Crippen LogP contribution is 2.48. The van der Waals surface area contributed by atoms with E-state index < -0.39 is 0 Å². The van der Waals surface area contributed by atoms with E-state index in [-0.39, 0.29) is 23.4 Å². The number of allylic oxidation sites excluding steroid dienone is 2. The summed E-state index contributed by atoms with van der Waals surface area (Å²) in [7, 11) is 3.23. The minimum absolute atomic E-state index is 0.113. The van der Waals surface area contributed by atoms with Crippen LogP contribution >= 0.6 is 0 Å². The lowest BCUT2D eigenvalue weighted by Crippen LogP contribution is -2.39. The molecule has 0 aromatic heterocycles. The van der Waals surface area contributed by atoms with Crippen molar-refractivity contribution in [3.05, 3.63) is 35.0 Å². The van der Waals surface area contributed by atoms with E-state index in [1.807, 2.05) is 18.2 Å². The summed E-state index contributed by atoms with van der Waals surface area (Å²) in [6.07, 6.45) is 4.36. The molecule has 1 aromatic rings.